The number of aromatic carboxylic acids is 1. The summed E-state index contributed by atoms with van der Waals surface area (Å²) < 4.78 is 22.8. The van der Waals surface area contributed by atoms with E-state index in [1.54, 1.807) is 4.57 Å². The van der Waals surface area contributed by atoms with Crippen LogP contribution in [-0.2, 0) is 0 Å². The summed E-state index contributed by atoms with van der Waals surface area (Å²) in [6.07, 6.45) is 3.03. The van der Waals surface area contributed by atoms with Crippen molar-refractivity contribution < 1.29 is 19.0 Å². The highest BCUT2D eigenvalue weighted by Gasteiger charge is 2.27. The highest BCUT2D eigenvalue weighted by molar-refractivity contribution is 14.1. The number of nitrogens with one attached hydrogen (secondary N) is 1. The number of anilines is 1. The van der Waals surface area contributed by atoms with Crippen LogP contribution in [0.15, 0.2) is 17.1 Å². The number of halogens is 2. The highest BCUT2D eigenvalue weighted by Crippen LogP contribution is 2.40. The minimum absolute atomic E-state index is 0.0244. The molecular weight excluding hydrogens is 492 g/mol. The fraction of sp³-hybridized carbons (Fsp3) is 0.500. The summed E-state index contributed by atoms with van der Waals surface area (Å²) in [5.41, 5.74) is -0.307. The molecule has 0 aliphatic carbocycles. The number of rotatable bonds is 7. The number of piperazine rings is 1. The molecule has 2 aromatic rings. The van der Waals surface area contributed by atoms with E-state index in [0.29, 0.717) is 36.6 Å². The topological polar surface area (TPSA) is 83.8 Å². The molecule has 0 amide bonds. The maximum atomic E-state index is 15.3. The van der Waals surface area contributed by atoms with Gasteiger partial charge in [-0.2, -0.15) is 0 Å². The second-order valence-corrected chi connectivity index (χ2v) is 8.83. The van der Waals surface area contributed by atoms with Gasteiger partial charge in [0.15, 0.2) is 11.6 Å². The number of ether oxygens (including phenoxy) is 1. The first-order valence-electron chi connectivity index (χ1n) is 9.74. The largest absolute Gasteiger partial charge is 0.489 e. The molecule has 0 bridgehead atoms. The van der Waals surface area contributed by atoms with Gasteiger partial charge in [0, 0.05) is 32.4 Å². The van der Waals surface area contributed by atoms with Crippen molar-refractivity contribution in [1.29, 1.82) is 0 Å². The van der Waals surface area contributed by atoms with Gasteiger partial charge < -0.3 is 24.6 Å². The van der Waals surface area contributed by atoms with Crippen molar-refractivity contribution >= 4 is 45.2 Å². The van der Waals surface area contributed by atoms with Gasteiger partial charge >= 0.3 is 5.97 Å². The number of nitrogens with zero attached hydrogens (tertiary/aromatic N) is 2. The molecule has 2 N–H and O–H groups in total. The normalized spacial score (nSPS) is 15.5. The first-order valence-corrected chi connectivity index (χ1v) is 11.0. The Kier molecular flexibility index (Phi) is 6.99. The molecule has 1 aliphatic heterocycles. The van der Waals surface area contributed by atoms with Gasteiger partial charge in [-0.25, -0.2) is 9.18 Å². The van der Waals surface area contributed by atoms with Gasteiger partial charge in [0.05, 0.1) is 21.6 Å². The van der Waals surface area contributed by atoms with Crippen LogP contribution >= 0.6 is 22.6 Å². The second-order valence-electron chi connectivity index (χ2n) is 7.03. The Balaban J connectivity index is 2.36. The SMILES string of the molecule is CCCCOc1c(N2CCNCC2)c(F)cc2c(=O)c(C(=O)O)cn(C(C)I)c12. The summed E-state index contributed by atoms with van der Waals surface area (Å²) in [6, 6.07) is 1.16. The van der Waals surface area contributed by atoms with Gasteiger partial charge in [0.2, 0.25) is 5.43 Å². The molecule has 0 radical (unpaired) electrons. The molecule has 0 saturated carbocycles. The lowest BCUT2D eigenvalue weighted by Gasteiger charge is -2.32. The monoisotopic (exact) mass is 517 g/mol. The van der Waals surface area contributed by atoms with Crippen LogP contribution in [-0.4, -0.2) is 48.4 Å². The third-order valence-electron chi connectivity index (χ3n) is 4.99. The highest BCUT2D eigenvalue weighted by atomic mass is 127. The minimum Gasteiger partial charge on any atom is -0.489 e. The van der Waals surface area contributed by atoms with Gasteiger partial charge in [-0.1, -0.05) is 35.9 Å². The number of pyridine rings is 1. The Morgan fingerprint density at radius 3 is 2.69 bits per heavy atom. The van der Waals surface area contributed by atoms with Crippen molar-refractivity contribution in [1.82, 2.24) is 9.88 Å². The maximum absolute atomic E-state index is 15.3. The van der Waals surface area contributed by atoms with Gasteiger partial charge in [-0.05, 0) is 19.4 Å². The number of alkyl halides is 1. The third-order valence-corrected chi connectivity index (χ3v) is 5.59. The average Bonchev–Trinajstić information content (AvgIpc) is 2.69. The number of fused-ring (bicyclic) bond motifs is 1. The number of carboxylic acids is 1. The summed E-state index contributed by atoms with van der Waals surface area (Å²) in [6.45, 7) is 6.97. The number of unbranched alkanes of at least 4 members (excludes halogenated alkanes) is 1. The van der Waals surface area contributed by atoms with Crippen LogP contribution in [0.2, 0.25) is 0 Å². The fourth-order valence-electron chi connectivity index (χ4n) is 3.51. The molecule has 1 fully saturated rings. The predicted molar refractivity (Wildman–Crippen MR) is 119 cm³/mol. The molecule has 1 saturated heterocycles. The first-order chi connectivity index (χ1) is 13.9. The number of aromatic nitrogens is 1. The van der Waals surface area contributed by atoms with Crippen LogP contribution < -0.4 is 20.4 Å². The Bertz CT molecular complexity index is 971. The predicted octanol–water partition coefficient (Wildman–Crippen LogP) is 3.38. The second kappa shape index (κ2) is 9.29. The molecule has 2 heterocycles. The van der Waals surface area contributed by atoms with Crippen molar-refractivity contribution in [3.63, 3.8) is 0 Å². The van der Waals surface area contributed by atoms with Gasteiger partial charge in [0.1, 0.15) is 11.3 Å². The molecule has 0 spiro atoms. The van der Waals surface area contributed by atoms with E-state index in [1.165, 1.54) is 6.20 Å². The van der Waals surface area contributed by atoms with Crippen molar-refractivity contribution in [2.75, 3.05) is 37.7 Å². The molecule has 1 aliphatic rings. The van der Waals surface area contributed by atoms with Crippen molar-refractivity contribution in [3.8, 4) is 5.75 Å². The zero-order valence-corrected chi connectivity index (χ0v) is 18.7. The Morgan fingerprint density at radius 2 is 2.10 bits per heavy atom. The minimum atomic E-state index is -1.33. The number of hydrogen-bond acceptors (Lipinski definition) is 5. The first kappa shape index (κ1) is 21.8. The van der Waals surface area contributed by atoms with E-state index in [-0.39, 0.29) is 15.0 Å². The lowest BCUT2D eigenvalue weighted by Crippen LogP contribution is -2.44. The van der Waals surface area contributed by atoms with Crippen molar-refractivity contribution in [2.24, 2.45) is 0 Å². The third kappa shape index (κ3) is 4.35. The van der Waals surface area contributed by atoms with Crippen LogP contribution in [0.3, 0.4) is 0 Å². The Hall–Kier alpha value is -1.88. The molecule has 1 aromatic heterocycles. The van der Waals surface area contributed by atoms with E-state index in [1.807, 2.05) is 18.7 Å². The van der Waals surface area contributed by atoms with E-state index in [4.69, 9.17) is 4.74 Å². The summed E-state index contributed by atoms with van der Waals surface area (Å²) in [4.78, 5) is 26.3. The molecule has 9 heteroatoms. The number of hydrogen-bond donors (Lipinski definition) is 2. The molecule has 158 valence electrons. The Morgan fingerprint density at radius 1 is 1.41 bits per heavy atom. The number of benzene rings is 1. The standard InChI is InChI=1S/C20H25FIN3O4/c1-3-4-9-29-19-16-13(10-15(21)17(19)24-7-5-23-6-8-24)18(26)14(20(27)28)11-25(16)12(2)22/h10-12,23H,3-9H2,1-2H3,(H,27,28). The van der Waals surface area contributed by atoms with E-state index in [9.17, 15) is 14.7 Å². The summed E-state index contributed by atoms with van der Waals surface area (Å²) >= 11 is 2.14. The van der Waals surface area contributed by atoms with Crippen molar-refractivity contribution in [2.45, 2.75) is 30.7 Å². The van der Waals surface area contributed by atoms with Crippen LogP contribution in [0, 0.1) is 5.82 Å². The fourth-order valence-corrected chi connectivity index (χ4v) is 3.95. The summed E-state index contributed by atoms with van der Waals surface area (Å²) in [5.74, 6) is -1.59. The molecular formula is C20H25FIN3O4. The summed E-state index contributed by atoms with van der Waals surface area (Å²) in [5, 5.41) is 12.7. The summed E-state index contributed by atoms with van der Waals surface area (Å²) in [7, 11) is 0. The quantitative estimate of drug-likeness (QED) is 0.333. The Labute approximate surface area is 182 Å². The van der Waals surface area contributed by atoms with Gasteiger partial charge in [0.25, 0.3) is 0 Å². The van der Waals surface area contributed by atoms with Gasteiger partial charge in [-0.15, -0.1) is 0 Å². The zero-order valence-electron chi connectivity index (χ0n) is 16.5. The molecule has 7 nitrogen and oxygen atoms in total. The zero-order chi connectivity index (χ0) is 21.1. The van der Waals surface area contributed by atoms with Crippen LogP contribution in [0.1, 0.15) is 41.1 Å². The van der Waals surface area contributed by atoms with E-state index in [2.05, 4.69) is 27.9 Å². The van der Waals surface area contributed by atoms with E-state index in [0.717, 1.165) is 32.0 Å². The number of carbonyl (C=O) groups is 1. The van der Waals surface area contributed by atoms with Gasteiger partial charge in [-0.3, -0.25) is 4.79 Å². The molecule has 1 atom stereocenters. The molecule has 1 aromatic carbocycles. The van der Waals surface area contributed by atoms with Crippen LogP contribution in [0.5, 0.6) is 5.75 Å². The van der Waals surface area contributed by atoms with Crippen LogP contribution in [0.25, 0.3) is 10.9 Å². The average molecular weight is 517 g/mol. The molecule has 1 unspecified atom stereocenters. The van der Waals surface area contributed by atoms with E-state index >= 15 is 4.39 Å². The lowest BCUT2D eigenvalue weighted by atomic mass is 10.1. The molecule has 29 heavy (non-hydrogen) atoms. The number of carboxylic acid groups (broad SMARTS) is 1. The van der Waals surface area contributed by atoms with E-state index < -0.39 is 17.2 Å². The maximum Gasteiger partial charge on any atom is 0.341 e. The lowest BCUT2D eigenvalue weighted by molar-refractivity contribution is 0.0695. The smallest absolute Gasteiger partial charge is 0.341 e. The van der Waals surface area contributed by atoms with Crippen molar-refractivity contribution in [3.05, 3.63) is 33.9 Å². The molecule has 3 rings (SSSR count). The van der Waals surface area contributed by atoms with Crippen LogP contribution in [0.4, 0.5) is 10.1 Å².